The fourth-order valence-electron chi connectivity index (χ4n) is 3.33. The fraction of sp³-hybridized carbons (Fsp3) is 0.526. The van der Waals surface area contributed by atoms with Crippen LogP contribution in [-0.2, 0) is 19.7 Å². The van der Waals surface area contributed by atoms with E-state index in [9.17, 15) is 0 Å². The number of nitrogens with zero attached hydrogens (tertiary/aromatic N) is 2. The smallest absolute Gasteiger partial charge is 0.212 e. The van der Waals surface area contributed by atoms with Crippen molar-refractivity contribution in [3.63, 3.8) is 0 Å². The third kappa shape index (κ3) is 4.14. The van der Waals surface area contributed by atoms with Gasteiger partial charge in [0.1, 0.15) is 6.61 Å². The number of hydrogen-bond donors (Lipinski definition) is 1. The third-order valence-corrected chi connectivity index (χ3v) is 4.69. The number of hydrogen-bond acceptors (Lipinski definition) is 3. The van der Waals surface area contributed by atoms with Gasteiger partial charge < -0.3 is 10.1 Å². The van der Waals surface area contributed by atoms with E-state index in [4.69, 9.17) is 9.84 Å². The van der Waals surface area contributed by atoms with Crippen LogP contribution in [0.25, 0.3) is 0 Å². The summed E-state index contributed by atoms with van der Waals surface area (Å²) in [4.78, 5) is 0. The summed E-state index contributed by atoms with van der Waals surface area (Å²) in [6, 6.07) is 10.5. The highest BCUT2D eigenvalue weighted by atomic mass is 16.5. The predicted octanol–water partition coefficient (Wildman–Crippen LogP) is 3.68. The van der Waals surface area contributed by atoms with Crippen LogP contribution in [0, 0.1) is 12.8 Å². The number of benzene rings is 1. The van der Waals surface area contributed by atoms with Gasteiger partial charge in [-0.1, -0.05) is 37.1 Å². The Hall–Kier alpha value is -1.81. The van der Waals surface area contributed by atoms with Gasteiger partial charge in [-0.15, -0.1) is 0 Å². The van der Waals surface area contributed by atoms with Crippen molar-refractivity contribution in [3.05, 3.63) is 47.2 Å². The van der Waals surface area contributed by atoms with Crippen LogP contribution >= 0.6 is 0 Å². The molecule has 0 bridgehead atoms. The zero-order valence-electron chi connectivity index (χ0n) is 14.2. The first-order chi connectivity index (χ1) is 11.3. The van der Waals surface area contributed by atoms with E-state index in [0.717, 1.165) is 30.6 Å². The molecular weight excluding hydrogens is 286 g/mol. The van der Waals surface area contributed by atoms with E-state index < -0.39 is 0 Å². The summed E-state index contributed by atoms with van der Waals surface area (Å²) >= 11 is 0. The van der Waals surface area contributed by atoms with E-state index in [1.165, 1.54) is 36.8 Å². The molecule has 0 spiro atoms. The molecule has 0 atom stereocenters. The van der Waals surface area contributed by atoms with Crippen molar-refractivity contribution in [2.24, 2.45) is 5.92 Å². The molecule has 0 radical (unpaired) electrons. The predicted molar refractivity (Wildman–Crippen MR) is 92.5 cm³/mol. The van der Waals surface area contributed by atoms with E-state index >= 15 is 0 Å². The topological polar surface area (TPSA) is 39.1 Å². The Balaban J connectivity index is 1.72. The zero-order chi connectivity index (χ0) is 16.1. The summed E-state index contributed by atoms with van der Waals surface area (Å²) < 4.78 is 8.18. The van der Waals surface area contributed by atoms with Gasteiger partial charge >= 0.3 is 0 Å². The van der Waals surface area contributed by atoms with Gasteiger partial charge in [-0.2, -0.15) is 5.10 Å². The van der Waals surface area contributed by atoms with Crippen LogP contribution in [0.2, 0.25) is 0 Å². The Bertz CT molecular complexity index is 629. The maximum absolute atomic E-state index is 6.11. The Morgan fingerprint density at radius 3 is 2.78 bits per heavy atom. The molecule has 1 N–H and O–H groups in total. The summed E-state index contributed by atoms with van der Waals surface area (Å²) in [5, 5.41) is 7.90. The fourth-order valence-corrected chi connectivity index (χ4v) is 3.33. The molecule has 1 fully saturated rings. The van der Waals surface area contributed by atoms with Gasteiger partial charge in [0.15, 0.2) is 0 Å². The normalized spacial score (nSPS) is 15.2. The minimum absolute atomic E-state index is 0.599. The molecule has 4 nitrogen and oxygen atoms in total. The monoisotopic (exact) mass is 313 g/mol. The average molecular weight is 313 g/mol. The van der Waals surface area contributed by atoms with Gasteiger partial charge in [0, 0.05) is 19.2 Å². The maximum atomic E-state index is 6.11. The summed E-state index contributed by atoms with van der Waals surface area (Å²) in [6.45, 7) is 4.48. The quantitative estimate of drug-likeness (QED) is 0.847. The summed E-state index contributed by atoms with van der Waals surface area (Å²) in [5.41, 5.74) is 3.55. The van der Waals surface area contributed by atoms with Crippen LogP contribution < -0.4 is 10.1 Å². The van der Waals surface area contributed by atoms with Crippen molar-refractivity contribution in [1.82, 2.24) is 15.1 Å². The minimum atomic E-state index is 0.599. The summed E-state index contributed by atoms with van der Waals surface area (Å²) in [5.74, 6) is 1.64. The summed E-state index contributed by atoms with van der Waals surface area (Å²) in [7, 11) is 1.95. The molecule has 1 saturated carbocycles. The van der Waals surface area contributed by atoms with Gasteiger partial charge in [-0.25, -0.2) is 4.68 Å². The van der Waals surface area contributed by atoms with Crippen molar-refractivity contribution in [3.8, 4) is 5.88 Å². The molecule has 3 rings (SSSR count). The first kappa shape index (κ1) is 16.1. The van der Waals surface area contributed by atoms with Crippen molar-refractivity contribution < 1.29 is 4.74 Å². The molecule has 23 heavy (non-hydrogen) atoms. The second kappa shape index (κ2) is 7.64. The molecule has 0 saturated heterocycles. The highest BCUT2D eigenvalue weighted by Gasteiger charge is 2.18. The lowest BCUT2D eigenvalue weighted by Gasteiger charge is -2.13. The highest BCUT2D eigenvalue weighted by Crippen LogP contribution is 2.28. The second-order valence-electron chi connectivity index (χ2n) is 6.55. The Morgan fingerprint density at radius 2 is 2.04 bits per heavy atom. The lowest BCUT2D eigenvalue weighted by molar-refractivity contribution is 0.261. The molecule has 0 unspecified atom stereocenters. The number of ether oxygens (including phenoxy) is 1. The lowest BCUT2D eigenvalue weighted by Crippen LogP contribution is -2.12. The molecule has 1 aromatic heterocycles. The van der Waals surface area contributed by atoms with E-state index in [0.29, 0.717) is 6.61 Å². The number of aromatic nitrogens is 2. The van der Waals surface area contributed by atoms with E-state index in [2.05, 4.69) is 47.3 Å². The molecule has 4 heteroatoms. The standard InChI is InChI=1S/C19H27N3O/c1-15-7-3-6-10-17(15)14-23-19-11-18(12-20-2)21-22(19)13-16-8-4-5-9-16/h3,6-7,10-11,16,20H,4-5,8-9,12-14H2,1-2H3. The molecule has 1 heterocycles. The van der Waals surface area contributed by atoms with Gasteiger partial charge in [-0.3, -0.25) is 0 Å². The molecule has 0 amide bonds. The highest BCUT2D eigenvalue weighted by molar-refractivity contribution is 5.26. The van der Waals surface area contributed by atoms with Crippen LogP contribution in [0.5, 0.6) is 5.88 Å². The molecule has 1 aliphatic carbocycles. The Labute approximate surface area is 138 Å². The first-order valence-electron chi connectivity index (χ1n) is 8.65. The number of rotatable bonds is 7. The van der Waals surface area contributed by atoms with Crippen molar-refractivity contribution in [1.29, 1.82) is 0 Å². The molecule has 1 aliphatic rings. The van der Waals surface area contributed by atoms with Crippen LogP contribution in [0.4, 0.5) is 0 Å². The molecule has 124 valence electrons. The van der Waals surface area contributed by atoms with Crippen molar-refractivity contribution in [2.45, 2.75) is 52.3 Å². The number of aryl methyl sites for hydroxylation is 1. The van der Waals surface area contributed by atoms with Gasteiger partial charge in [0.2, 0.25) is 5.88 Å². The zero-order valence-corrected chi connectivity index (χ0v) is 14.2. The lowest BCUT2D eigenvalue weighted by atomic mass is 10.1. The van der Waals surface area contributed by atoms with Gasteiger partial charge in [-0.05, 0) is 43.9 Å². The first-order valence-corrected chi connectivity index (χ1v) is 8.65. The number of nitrogens with one attached hydrogen (secondary N) is 1. The van der Waals surface area contributed by atoms with Crippen LogP contribution in [-0.4, -0.2) is 16.8 Å². The van der Waals surface area contributed by atoms with Crippen LogP contribution in [0.15, 0.2) is 30.3 Å². The van der Waals surface area contributed by atoms with Crippen LogP contribution in [0.1, 0.15) is 42.5 Å². The van der Waals surface area contributed by atoms with Gasteiger partial charge in [0.05, 0.1) is 5.69 Å². The van der Waals surface area contributed by atoms with E-state index in [-0.39, 0.29) is 0 Å². The maximum Gasteiger partial charge on any atom is 0.212 e. The van der Waals surface area contributed by atoms with Gasteiger partial charge in [0.25, 0.3) is 0 Å². The SMILES string of the molecule is CNCc1cc(OCc2ccccc2C)n(CC2CCCC2)n1. The minimum Gasteiger partial charge on any atom is -0.473 e. The second-order valence-corrected chi connectivity index (χ2v) is 6.55. The Kier molecular flexibility index (Phi) is 5.34. The molecule has 2 aromatic rings. The van der Waals surface area contributed by atoms with Crippen molar-refractivity contribution >= 4 is 0 Å². The molecule has 0 aliphatic heterocycles. The van der Waals surface area contributed by atoms with E-state index in [1.54, 1.807) is 0 Å². The Morgan fingerprint density at radius 1 is 1.26 bits per heavy atom. The van der Waals surface area contributed by atoms with Crippen molar-refractivity contribution in [2.75, 3.05) is 7.05 Å². The third-order valence-electron chi connectivity index (χ3n) is 4.69. The molecular formula is C19H27N3O. The largest absolute Gasteiger partial charge is 0.473 e. The summed E-state index contributed by atoms with van der Waals surface area (Å²) in [6.07, 6.45) is 5.35. The average Bonchev–Trinajstić information content (AvgIpc) is 3.18. The molecule has 1 aromatic carbocycles. The van der Waals surface area contributed by atoms with Crippen LogP contribution in [0.3, 0.4) is 0 Å². The van der Waals surface area contributed by atoms with E-state index in [1.807, 2.05) is 7.05 Å².